The van der Waals surface area contributed by atoms with E-state index in [4.69, 9.17) is 24.3 Å². The third-order valence-corrected chi connectivity index (χ3v) is 8.65. The molecule has 0 aliphatic rings. The molecule has 55 heavy (non-hydrogen) atoms. The summed E-state index contributed by atoms with van der Waals surface area (Å²) in [6.45, 7) is 3.35. The summed E-state index contributed by atoms with van der Waals surface area (Å²) in [5, 5.41) is 0. The van der Waals surface area contributed by atoms with Gasteiger partial charge in [0.1, 0.15) is 6.61 Å². The maximum atomic E-state index is 12.6. The molecule has 2 atom stereocenters. The zero-order valence-corrected chi connectivity index (χ0v) is 34.7. The average molecular weight is 786 g/mol. The average Bonchev–Trinajstić information content (AvgIpc) is 3.17. The number of ether oxygens (including phenoxy) is 2. The molecule has 0 heterocycles. The van der Waals surface area contributed by atoms with Crippen molar-refractivity contribution in [2.45, 2.75) is 136 Å². The molecule has 9 nitrogen and oxygen atoms in total. The van der Waals surface area contributed by atoms with Gasteiger partial charge in [-0.2, -0.15) is 0 Å². The van der Waals surface area contributed by atoms with Crippen LogP contribution in [0.4, 0.5) is 0 Å². The van der Waals surface area contributed by atoms with Crippen LogP contribution in [0.1, 0.15) is 129 Å². The highest BCUT2D eigenvalue weighted by Crippen LogP contribution is 2.43. The second-order valence-corrected chi connectivity index (χ2v) is 14.2. The van der Waals surface area contributed by atoms with E-state index in [9.17, 15) is 19.0 Å². The fourth-order valence-electron chi connectivity index (χ4n) is 4.73. The number of hydrogen-bond donors (Lipinski definition) is 2. The first-order valence-electron chi connectivity index (χ1n) is 20.4. The Bertz CT molecular complexity index is 1260. The Morgan fingerprint density at radius 2 is 0.982 bits per heavy atom. The van der Waals surface area contributed by atoms with E-state index in [-0.39, 0.29) is 32.6 Å². The summed E-state index contributed by atoms with van der Waals surface area (Å²) in [5.41, 5.74) is 5.33. The van der Waals surface area contributed by atoms with Gasteiger partial charge in [0.2, 0.25) is 0 Å². The van der Waals surface area contributed by atoms with E-state index in [0.29, 0.717) is 12.8 Å². The van der Waals surface area contributed by atoms with Crippen LogP contribution in [0.25, 0.3) is 0 Å². The highest BCUT2D eigenvalue weighted by atomic mass is 31.2. The molecule has 2 unspecified atom stereocenters. The maximum absolute atomic E-state index is 12.6. The van der Waals surface area contributed by atoms with Crippen molar-refractivity contribution >= 4 is 19.8 Å². The van der Waals surface area contributed by atoms with E-state index in [2.05, 4.69) is 111 Å². The predicted octanol–water partition coefficient (Wildman–Crippen LogP) is 11.6. The summed E-state index contributed by atoms with van der Waals surface area (Å²) < 4.78 is 32.6. The van der Waals surface area contributed by atoms with Gasteiger partial charge < -0.3 is 20.1 Å². The highest BCUT2D eigenvalue weighted by molar-refractivity contribution is 7.47. The molecule has 0 aliphatic carbocycles. The van der Waals surface area contributed by atoms with Crippen molar-refractivity contribution in [3.63, 3.8) is 0 Å². The van der Waals surface area contributed by atoms with E-state index in [1.807, 2.05) is 12.2 Å². The van der Waals surface area contributed by atoms with Crippen LogP contribution in [0.5, 0.6) is 0 Å². The number of allylic oxidation sites excluding steroid dienone is 18. The molecule has 0 aromatic rings. The van der Waals surface area contributed by atoms with Crippen LogP contribution in [-0.2, 0) is 32.7 Å². The molecule has 0 radical (unpaired) electrons. The van der Waals surface area contributed by atoms with Crippen molar-refractivity contribution in [2.75, 3.05) is 26.4 Å². The fourth-order valence-corrected chi connectivity index (χ4v) is 5.50. The minimum atomic E-state index is -4.40. The number of rotatable bonds is 36. The summed E-state index contributed by atoms with van der Waals surface area (Å²) in [6, 6.07) is 0. The van der Waals surface area contributed by atoms with Crippen LogP contribution in [-0.4, -0.2) is 49.3 Å². The minimum absolute atomic E-state index is 0.0343. The van der Waals surface area contributed by atoms with Gasteiger partial charge >= 0.3 is 19.8 Å². The van der Waals surface area contributed by atoms with Crippen molar-refractivity contribution < 1.29 is 37.6 Å². The van der Waals surface area contributed by atoms with Crippen LogP contribution in [0.15, 0.2) is 109 Å². The molecule has 310 valence electrons. The SMILES string of the molecule is CC/C=C\C/C=C\C/C=C\C/C=C\C/C=C\CCCCCCCC(=O)OC(COC(=O)CC/C=C\C/C=C\C/C=C\C/C=C\CC)COP(=O)(O)OCCN. The maximum Gasteiger partial charge on any atom is 0.472 e. The summed E-state index contributed by atoms with van der Waals surface area (Å²) in [5.74, 6) is -0.960. The molecule has 0 aromatic carbocycles. The van der Waals surface area contributed by atoms with Crippen LogP contribution in [0.2, 0.25) is 0 Å². The molecule has 0 saturated carbocycles. The van der Waals surface area contributed by atoms with Gasteiger partial charge in [-0.1, -0.05) is 142 Å². The van der Waals surface area contributed by atoms with E-state index >= 15 is 0 Å². The fraction of sp³-hybridized carbons (Fsp3) is 0.556. The Morgan fingerprint density at radius 1 is 0.545 bits per heavy atom. The lowest BCUT2D eigenvalue weighted by molar-refractivity contribution is -0.161. The van der Waals surface area contributed by atoms with Crippen molar-refractivity contribution in [2.24, 2.45) is 5.73 Å². The quantitative estimate of drug-likeness (QED) is 0.0275. The largest absolute Gasteiger partial charge is 0.472 e. The van der Waals surface area contributed by atoms with Crippen molar-refractivity contribution in [3.05, 3.63) is 109 Å². The van der Waals surface area contributed by atoms with Gasteiger partial charge in [0.05, 0.1) is 13.2 Å². The molecule has 3 N–H and O–H groups in total. The molecule has 0 bridgehead atoms. The molecule has 0 aromatic heterocycles. The van der Waals surface area contributed by atoms with E-state index in [1.54, 1.807) is 0 Å². The van der Waals surface area contributed by atoms with Crippen molar-refractivity contribution in [1.29, 1.82) is 0 Å². The summed E-state index contributed by atoms with van der Waals surface area (Å²) >= 11 is 0. The lowest BCUT2D eigenvalue weighted by Crippen LogP contribution is -2.29. The smallest absolute Gasteiger partial charge is 0.462 e. The lowest BCUT2D eigenvalue weighted by Gasteiger charge is -2.19. The van der Waals surface area contributed by atoms with Crippen LogP contribution < -0.4 is 5.73 Å². The lowest BCUT2D eigenvalue weighted by atomic mass is 10.1. The molecule has 0 saturated heterocycles. The first kappa shape index (κ1) is 51.7. The van der Waals surface area contributed by atoms with E-state index in [1.165, 1.54) is 0 Å². The molecule has 0 spiro atoms. The Kier molecular flexibility index (Phi) is 37.9. The number of esters is 2. The molecule has 0 amide bonds. The summed E-state index contributed by atoms with van der Waals surface area (Å²) in [4.78, 5) is 34.8. The number of phosphoric acid groups is 1. The summed E-state index contributed by atoms with van der Waals surface area (Å²) in [7, 11) is -4.40. The Morgan fingerprint density at radius 3 is 1.47 bits per heavy atom. The number of carbonyl (C=O) groups is 2. The van der Waals surface area contributed by atoms with Gasteiger partial charge in [0.25, 0.3) is 0 Å². The topological polar surface area (TPSA) is 134 Å². The van der Waals surface area contributed by atoms with Gasteiger partial charge in [0, 0.05) is 19.4 Å². The third kappa shape index (κ3) is 40.2. The van der Waals surface area contributed by atoms with Crippen LogP contribution >= 0.6 is 7.82 Å². The normalized spacial score (nSPS) is 14.5. The van der Waals surface area contributed by atoms with Gasteiger partial charge in [-0.3, -0.25) is 18.6 Å². The molecular formula is C45H72NO8P. The minimum Gasteiger partial charge on any atom is -0.462 e. The zero-order valence-electron chi connectivity index (χ0n) is 33.9. The number of hydrogen-bond acceptors (Lipinski definition) is 8. The van der Waals surface area contributed by atoms with Gasteiger partial charge in [0.15, 0.2) is 6.10 Å². The second-order valence-electron chi connectivity index (χ2n) is 12.7. The number of carbonyl (C=O) groups excluding carboxylic acids is 2. The van der Waals surface area contributed by atoms with E-state index < -0.39 is 32.5 Å². The Balaban J connectivity index is 4.32. The monoisotopic (exact) mass is 785 g/mol. The molecule has 0 fully saturated rings. The first-order valence-corrected chi connectivity index (χ1v) is 21.9. The van der Waals surface area contributed by atoms with Gasteiger partial charge in [-0.05, 0) is 83.5 Å². The number of unbranched alkanes of at least 4 members (excludes halogenated alkanes) is 5. The molecular weight excluding hydrogens is 713 g/mol. The molecule has 0 aliphatic heterocycles. The van der Waals surface area contributed by atoms with Crippen molar-refractivity contribution in [3.8, 4) is 0 Å². The second kappa shape index (κ2) is 40.3. The van der Waals surface area contributed by atoms with Crippen molar-refractivity contribution in [1.82, 2.24) is 0 Å². The number of phosphoric ester groups is 1. The Labute approximate surface area is 333 Å². The van der Waals surface area contributed by atoms with E-state index in [0.717, 1.165) is 89.9 Å². The Hall–Kier alpha value is -3.33. The highest BCUT2D eigenvalue weighted by Gasteiger charge is 2.25. The van der Waals surface area contributed by atoms with Gasteiger partial charge in [-0.15, -0.1) is 0 Å². The first-order chi connectivity index (χ1) is 26.8. The molecule has 10 heteroatoms. The number of nitrogens with two attached hydrogens (primary N) is 1. The van der Waals surface area contributed by atoms with Crippen LogP contribution in [0, 0.1) is 0 Å². The predicted molar refractivity (Wildman–Crippen MR) is 228 cm³/mol. The van der Waals surface area contributed by atoms with Gasteiger partial charge in [-0.25, -0.2) is 4.57 Å². The molecule has 0 rings (SSSR count). The summed E-state index contributed by atoms with van der Waals surface area (Å²) in [6.07, 6.45) is 52.8. The third-order valence-electron chi connectivity index (χ3n) is 7.67. The standard InChI is InChI=1S/C45H72NO8P/c1-3-5-7-9-11-13-15-17-18-19-20-21-22-23-24-26-28-30-32-34-36-38-45(48)54-43(42-53-55(49,50)52-40-39-46)41-51-44(47)37-35-33-31-29-27-25-16-14-12-10-8-6-4-2/h5-8,11-14,17-18,20-21,23-25,27,31,33,43H,3-4,9-10,15-16,19,22,26,28-30,32,34-42,46H2,1-2H3,(H,49,50)/b7-5-,8-6-,13-11-,14-12-,18-17-,21-20-,24-23-,27-25-,33-31-. The van der Waals surface area contributed by atoms with Crippen LogP contribution in [0.3, 0.4) is 0 Å². The zero-order chi connectivity index (χ0) is 40.3.